The first-order chi connectivity index (χ1) is 17.3. The molecule has 2 fully saturated rings. The van der Waals surface area contributed by atoms with Crippen molar-refractivity contribution in [2.24, 2.45) is 0 Å². The number of halogens is 3. The highest BCUT2D eigenvalue weighted by Crippen LogP contribution is 2.38. The van der Waals surface area contributed by atoms with Crippen LogP contribution < -0.4 is 0 Å². The summed E-state index contributed by atoms with van der Waals surface area (Å²) < 4.78 is 70.8. The van der Waals surface area contributed by atoms with Crippen molar-refractivity contribution in [1.29, 1.82) is 0 Å². The normalized spacial score (nSPS) is 20.9. The highest BCUT2D eigenvalue weighted by atomic mass is 32.2. The van der Waals surface area contributed by atoms with E-state index in [9.17, 15) is 26.4 Å². The lowest BCUT2D eigenvalue weighted by molar-refractivity contribution is -0.180. The summed E-state index contributed by atoms with van der Waals surface area (Å²) in [5.41, 5.74) is 0.411. The summed E-state index contributed by atoms with van der Waals surface area (Å²) in [6, 6.07) is 11.9. The summed E-state index contributed by atoms with van der Waals surface area (Å²) in [5.74, 6) is -0.598. The minimum atomic E-state index is -3.53. The summed E-state index contributed by atoms with van der Waals surface area (Å²) in [6.45, 7) is 5.86. The molecular formula is C27H33F3N2O4S. The van der Waals surface area contributed by atoms with E-state index in [-0.39, 0.29) is 29.7 Å². The van der Waals surface area contributed by atoms with Crippen LogP contribution in [0.2, 0.25) is 0 Å². The van der Waals surface area contributed by atoms with Gasteiger partial charge in [-0.3, -0.25) is 9.69 Å². The maximum atomic E-state index is 13.4. The van der Waals surface area contributed by atoms with E-state index in [4.69, 9.17) is 4.74 Å². The highest BCUT2D eigenvalue weighted by molar-refractivity contribution is 7.92. The lowest BCUT2D eigenvalue weighted by Crippen LogP contribution is -2.58. The second-order valence-electron chi connectivity index (χ2n) is 10.9. The van der Waals surface area contributed by atoms with Gasteiger partial charge in [-0.1, -0.05) is 12.1 Å². The van der Waals surface area contributed by atoms with Crippen LogP contribution in [0.5, 0.6) is 0 Å². The number of carbonyl (C=O) groups excluding carboxylic acids is 1. The standard InChI is InChI=1S/C27H33F3N2O4S/c1-26(2,3)37(34,35)22-10-6-20(7-11-22)25(33)32-14-12-27(13-15-32)18-31(17-24(29)30)16-23(36-27)19-4-8-21(28)9-5-19/h4-11,23-24H,12-18H2,1-3H3. The van der Waals surface area contributed by atoms with Crippen LogP contribution in [0, 0.1) is 5.82 Å². The van der Waals surface area contributed by atoms with Gasteiger partial charge in [-0.15, -0.1) is 0 Å². The molecular weight excluding hydrogens is 505 g/mol. The van der Waals surface area contributed by atoms with Crippen LogP contribution >= 0.6 is 0 Å². The number of likely N-dealkylation sites (tertiary alicyclic amines) is 1. The fourth-order valence-electron chi connectivity index (χ4n) is 4.97. The predicted molar refractivity (Wildman–Crippen MR) is 134 cm³/mol. The van der Waals surface area contributed by atoms with Gasteiger partial charge in [-0.05, 0) is 75.6 Å². The van der Waals surface area contributed by atoms with E-state index in [1.54, 1.807) is 42.7 Å². The molecule has 6 nitrogen and oxygen atoms in total. The number of alkyl halides is 2. The SMILES string of the molecule is CC(C)(C)S(=O)(=O)c1ccc(C(=O)N2CCC3(CC2)CN(CC(F)F)CC(c2ccc(F)cc2)O3)cc1. The van der Waals surface area contributed by atoms with Crippen molar-refractivity contribution in [3.05, 3.63) is 65.5 Å². The number of nitrogens with zero attached hydrogens (tertiary/aromatic N) is 2. The molecule has 1 unspecified atom stereocenters. The van der Waals surface area contributed by atoms with Gasteiger partial charge in [0.05, 0.1) is 27.9 Å². The molecule has 0 radical (unpaired) electrons. The fraction of sp³-hybridized carbons (Fsp3) is 0.519. The number of carbonyl (C=O) groups is 1. The number of ether oxygens (including phenoxy) is 1. The molecule has 2 aromatic rings. The predicted octanol–water partition coefficient (Wildman–Crippen LogP) is 4.71. The molecule has 2 heterocycles. The third-order valence-electron chi connectivity index (χ3n) is 7.15. The number of benzene rings is 2. The van der Waals surface area contributed by atoms with Crippen LogP contribution in [0.4, 0.5) is 13.2 Å². The third kappa shape index (κ3) is 6.02. The van der Waals surface area contributed by atoms with Gasteiger partial charge in [-0.25, -0.2) is 21.6 Å². The number of hydrogen-bond acceptors (Lipinski definition) is 5. The first-order valence-electron chi connectivity index (χ1n) is 12.4. The zero-order valence-corrected chi connectivity index (χ0v) is 22.1. The van der Waals surface area contributed by atoms with Crippen molar-refractivity contribution in [2.75, 3.05) is 32.7 Å². The Balaban J connectivity index is 1.46. The first kappa shape index (κ1) is 27.6. The van der Waals surface area contributed by atoms with Crippen molar-refractivity contribution in [1.82, 2.24) is 9.80 Å². The van der Waals surface area contributed by atoms with Crippen molar-refractivity contribution >= 4 is 15.7 Å². The number of hydrogen-bond donors (Lipinski definition) is 0. The van der Waals surface area contributed by atoms with Crippen molar-refractivity contribution in [2.45, 2.75) is 61.4 Å². The minimum Gasteiger partial charge on any atom is -0.364 e. The van der Waals surface area contributed by atoms with Crippen LogP contribution in [0.3, 0.4) is 0 Å². The zero-order chi connectivity index (χ0) is 27.0. The number of rotatable bonds is 5. The summed E-state index contributed by atoms with van der Waals surface area (Å²) in [5, 5.41) is 0. The van der Waals surface area contributed by atoms with E-state index in [0.717, 1.165) is 5.56 Å². The van der Waals surface area contributed by atoms with E-state index >= 15 is 0 Å². The molecule has 0 aliphatic carbocycles. The van der Waals surface area contributed by atoms with E-state index < -0.39 is 32.7 Å². The summed E-state index contributed by atoms with van der Waals surface area (Å²) in [7, 11) is -3.53. The van der Waals surface area contributed by atoms with Gasteiger partial charge < -0.3 is 9.64 Å². The van der Waals surface area contributed by atoms with E-state index in [1.807, 2.05) is 0 Å². The monoisotopic (exact) mass is 538 g/mol. The maximum Gasteiger partial charge on any atom is 0.253 e. The Labute approximate surface area is 216 Å². The molecule has 202 valence electrons. The van der Waals surface area contributed by atoms with Gasteiger partial charge in [-0.2, -0.15) is 0 Å². The Hall–Kier alpha value is -2.43. The number of sulfone groups is 1. The van der Waals surface area contributed by atoms with Gasteiger partial charge in [0.25, 0.3) is 12.3 Å². The molecule has 0 aromatic heterocycles. The molecule has 2 aliphatic rings. The number of piperidine rings is 1. The second-order valence-corrected chi connectivity index (χ2v) is 13.6. The van der Waals surface area contributed by atoms with Crippen molar-refractivity contribution < 1.29 is 31.1 Å². The van der Waals surface area contributed by atoms with E-state index in [0.29, 0.717) is 38.0 Å². The first-order valence-corrected chi connectivity index (χ1v) is 13.9. The Morgan fingerprint density at radius 3 is 2.19 bits per heavy atom. The van der Waals surface area contributed by atoms with E-state index in [2.05, 4.69) is 0 Å². The van der Waals surface area contributed by atoms with Crippen molar-refractivity contribution in [3.8, 4) is 0 Å². The van der Waals surface area contributed by atoms with Gasteiger partial charge in [0.2, 0.25) is 0 Å². The Morgan fingerprint density at radius 2 is 1.65 bits per heavy atom. The summed E-state index contributed by atoms with van der Waals surface area (Å²) >= 11 is 0. The molecule has 0 N–H and O–H groups in total. The maximum absolute atomic E-state index is 13.4. The van der Waals surface area contributed by atoms with Gasteiger partial charge in [0, 0.05) is 31.7 Å². The largest absolute Gasteiger partial charge is 0.364 e. The molecule has 1 spiro atoms. The summed E-state index contributed by atoms with van der Waals surface area (Å²) in [6.07, 6.45) is -2.04. The Morgan fingerprint density at radius 1 is 1.05 bits per heavy atom. The fourth-order valence-corrected chi connectivity index (χ4v) is 6.18. The van der Waals surface area contributed by atoms with Crippen LogP contribution in [0.25, 0.3) is 0 Å². The quantitative estimate of drug-likeness (QED) is 0.552. The molecule has 37 heavy (non-hydrogen) atoms. The molecule has 2 saturated heterocycles. The molecule has 2 aromatic carbocycles. The number of morpholine rings is 1. The van der Waals surface area contributed by atoms with E-state index in [1.165, 1.54) is 36.4 Å². The molecule has 4 rings (SSSR count). The van der Waals surface area contributed by atoms with Crippen molar-refractivity contribution in [3.63, 3.8) is 0 Å². The topological polar surface area (TPSA) is 66.9 Å². The highest BCUT2D eigenvalue weighted by Gasteiger charge is 2.44. The van der Waals surface area contributed by atoms with Crippen LogP contribution in [-0.4, -0.2) is 73.6 Å². The molecule has 0 bridgehead atoms. The van der Waals surface area contributed by atoms with Gasteiger partial charge in [0.15, 0.2) is 9.84 Å². The second kappa shape index (κ2) is 10.4. The third-order valence-corrected chi connectivity index (χ3v) is 9.65. The van der Waals surface area contributed by atoms with Crippen LogP contribution in [-0.2, 0) is 14.6 Å². The molecule has 1 amide bonds. The van der Waals surface area contributed by atoms with Crippen LogP contribution in [0.1, 0.15) is 55.6 Å². The molecule has 1 atom stereocenters. The number of amides is 1. The Bertz CT molecular complexity index is 1200. The lowest BCUT2D eigenvalue weighted by atomic mass is 9.87. The molecule has 2 aliphatic heterocycles. The smallest absolute Gasteiger partial charge is 0.253 e. The van der Waals surface area contributed by atoms with Gasteiger partial charge >= 0.3 is 0 Å². The minimum absolute atomic E-state index is 0.163. The molecule has 10 heteroatoms. The van der Waals surface area contributed by atoms with Gasteiger partial charge in [0.1, 0.15) is 5.82 Å². The zero-order valence-electron chi connectivity index (χ0n) is 21.3. The Kier molecular flexibility index (Phi) is 7.74. The average molecular weight is 539 g/mol. The van der Waals surface area contributed by atoms with Crippen LogP contribution in [0.15, 0.2) is 53.4 Å². The lowest BCUT2D eigenvalue weighted by Gasteiger charge is -2.50. The molecule has 0 saturated carbocycles. The average Bonchev–Trinajstić information content (AvgIpc) is 2.83. The summed E-state index contributed by atoms with van der Waals surface area (Å²) in [4.78, 5) is 16.7.